The third-order valence-electron chi connectivity index (χ3n) is 13.1. The Morgan fingerprint density at radius 2 is 0.922 bits per heavy atom. The lowest BCUT2D eigenvalue weighted by Crippen LogP contribution is -2.28. The van der Waals surface area contributed by atoms with E-state index in [1.807, 2.05) is 0 Å². The molecule has 300 valence electrons. The van der Waals surface area contributed by atoms with E-state index in [2.05, 4.69) is 260 Å². The van der Waals surface area contributed by atoms with Crippen molar-refractivity contribution in [2.45, 2.75) is 5.41 Å². The third-order valence-corrected chi connectivity index (χ3v) is 13.1. The van der Waals surface area contributed by atoms with Crippen LogP contribution in [-0.4, -0.2) is 4.98 Å². The Morgan fingerprint density at radius 3 is 1.66 bits per heavy atom. The molecule has 1 aliphatic carbocycles. The molecule has 2 heteroatoms. The van der Waals surface area contributed by atoms with Crippen LogP contribution in [0, 0.1) is 0 Å². The second-order valence-electron chi connectivity index (χ2n) is 16.7. The highest BCUT2D eigenvalue weighted by Crippen LogP contribution is 2.60. The van der Waals surface area contributed by atoms with Crippen LogP contribution >= 0.6 is 0 Å². The van der Waals surface area contributed by atoms with Crippen LogP contribution in [-0.2, 0) is 5.41 Å². The molecule has 2 nitrogen and oxygen atoms in total. The van der Waals surface area contributed by atoms with Crippen LogP contribution in [0.5, 0.6) is 0 Å². The van der Waals surface area contributed by atoms with Crippen molar-refractivity contribution in [3.63, 3.8) is 0 Å². The number of pyridine rings is 1. The zero-order chi connectivity index (χ0) is 42.5. The quantitative estimate of drug-likeness (QED) is 0.152. The number of rotatable bonds is 8. The molecule has 12 rings (SSSR count). The average molecular weight is 815 g/mol. The average Bonchev–Trinajstić information content (AvgIpc) is 3.68. The largest absolute Gasteiger partial charge is 0.310 e. The van der Waals surface area contributed by atoms with Gasteiger partial charge in [-0.3, -0.25) is 0 Å². The highest BCUT2D eigenvalue weighted by Gasteiger charge is 2.47. The summed E-state index contributed by atoms with van der Waals surface area (Å²) in [7, 11) is 0. The number of benzene rings is 10. The number of hydrogen-bond acceptors (Lipinski definition) is 2. The number of para-hydroxylation sites is 1. The summed E-state index contributed by atoms with van der Waals surface area (Å²) in [6.45, 7) is 0. The summed E-state index contributed by atoms with van der Waals surface area (Å²) in [4.78, 5) is 7.94. The van der Waals surface area contributed by atoms with E-state index in [0.717, 1.165) is 50.3 Å². The van der Waals surface area contributed by atoms with E-state index >= 15 is 0 Å². The third kappa shape index (κ3) is 6.14. The lowest BCUT2D eigenvalue weighted by Gasteiger charge is -2.34. The Kier molecular flexibility index (Phi) is 9.09. The first-order valence-corrected chi connectivity index (χ1v) is 22.0. The lowest BCUT2D eigenvalue weighted by molar-refractivity contribution is 0.768. The van der Waals surface area contributed by atoms with Gasteiger partial charge in [-0.15, -0.1) is 0 Å². The molecule has 0 unspecified atom stereocenters. The van der Waals surface area contributed by atoms with Gasteiger partial charge in [0.05, 0.1) is 22.3 Å². The smallest absolute Gasteiger partial charge is 0.0788 e. The molecule has 0 bridgehead atoms. The van der Waals surface area contributed by atoms with Crippen molar-refractivity contribution in [2.24, 2.45) is 0 Å². The number of hydrogen-bond donors (Lipinski definition) is 0. The molecule has 64 heavy (non-hydrogen) atoms. The van der Waals surface area contributed by atoms with Gasteiger partial charge < -0.3 is 4.90 Å². The van der Waals surface area contributed by atoms with Gasteiger partial charge in [-0.05, 0) is 104 Å². The van der Waals surface area contributed by atoms with Crippen LogP contribution < -0.4 is 4.90 Å². The molecule has 0 amide bonds. The van der Waals surface area contributed by atoms with Gasteiger partial charge in [0.1, 0.15) is 0 Å². The van der Waals surface area contributed by atoms with Crippen molar-refractivity contribution in [3.8, 4) is 44.6 Å². The van der Waals surface area contributed by atoms with Crippen molar-refractivity contribution >= 4 is 38.7 Å². The second kappa shape index (κ2) is 15.5. The summed E-state index contributed by atoms with van der Waals surface area (Å²) in [6.07, 6.45) is 0. The maximum Gasteiger partial charge on any atom is 0.0788 e. The summed E-state index contributed by atoms with van der Waals surface area (Å²) < 4.78 is 0. The molecular formula is C62H42N2. The molecule has 0 fully saturated rings. The highest BCUT2D eigenvalue weighted by molar-refractivity contribution is 6.00. The Morgan fingerprint density at radius 1 is 0.328 bits per heavy atom. The van der Waals surface area contributed by atoms with E-state index in [4.69, 9.17) is 4.98 Å². The molecule has 0 atom stereocenters. The van der Waals surface area contributed by atoms with Crippen LogP contribution in [0.2, 0.25) is 0 Å². The number of anilines is 3. The van der Waals surface area contributed by atoms with Gasteiger partial charge in [0.25, 0.3) is 0 Å². The van der Waals surface area contributed by atoms with Gasteiger partial charge >= 0.3 is 0 Å². The van der Waals surface area contributed by atoms with Gasteiger partial charge in [0.15, 0.2) is 0 Å². The fourth-order valence-electron chi connectivity index (χ4n) is 10.2. The molecule has 0 spiro atoms. The van der Waals surface area contributed by atoms with Crippen molar-refractivity contribution in [1.29, 1.82) is 0 Å². The fourth-order valence-corrected chi connectivity index (χ4v) is 10.2. The summed E-state index contributed by atoms with van der Waals surface area (Å²) >= 11 is 0. The summed E-state index contributed by atoms with van der Waals surface area (Å²) in [5, 5.41) is 3.53. The normalized spacial score (nSPS) is 12.5. The van der Waals surface area contributed by atoms with Crippen molar-refractivity contribution in [2.75, 3.05) is 4.90 Å². The first-order valence-electron chi connectivity index (χ1n) is 22.0. The lowest BCUT2D eigenvalue weighted by atomic mass is 9.67. The predicted octanol–water partition coefficient (Wildman–Crippen LogP) is 16.2. The summed E-state index contributed by atoms with van der Waals surface area (Å²) in [6, 6.07) is 92.8. The van der Waals surface area contributed by atoms with Gasteiger partial charge in [-0.2, -0.15) is 0 Å². The minimum Gasteiger partial charge on any atom is -0.310 e. The summed E-state index contributed by atoms with van der Waals surface area (Å²) in [5.41, 5.74) is 17.6. The maximum atomic E-state index is 5.46. The van der Waals surface area contributed by atoms with Crippen LogP contribution in [0.3, 0.4) is 0 Å². The van der Waals surface area contributed by atoms with Gasteiger partial charge in [-0.1, -0.05) is 206 Å². The number of nitrogens with zero attached hydrogens (tertiary/aromatic N) is 2. The molecule has 10 aromatic carbocycles. The first-order chi connectivity index (χ1) is 31.7. The van der Waals surface area contributed by atoms with Crippen LogP contribution in [0.1, 0.15) is 22.3 Å². The minimum atomic E-state index is -0.649. The molecule has 0 saturated heterocycles. The Bertz CT molecular complexity index is 3450. The summed E-state index contributed by atoms with van der Waals surface area (Å²) in [5.74, 6) is 0. The second-order valence-corrected chi connectivity index (χ2v) is 16.7. The minimum absolute atomic E-state index is 0.649. The van der Waals surface area contributed by atoms with Crippen molar-refractivity contribution < 1.29 is 0 Å². The molecule has 1 aromatic heterocycles. The van der Waals surface area contributed by atoms with Gasteiger partial charge in [0, 0.05) is 33.5 Å². The highest BCUT2D eigenvalue weighted by atomic mass is 15.1. The van der Waals surface area contributed by atoms with Crippen LogP contribution in [0.15, 0.2) is 255 Å². The maximum absolute atomic E-state index is 5.46. The van der Waals surface area contributed by atoms with Crippen LogP contribution in [0.4, 0.5) is 17.1 Å². The fraction of sp³-hybridized carbons (Fsp3) is 0.0161. The van der Waals surface area contributed by atoms with Crippen LogP contribution in [0.25, 0.3) is 66.3 Å². The van der Waals surface area contributed by atoms with E-state index in [-0.39, 0.29) is 0 Å². The standard InChI is InChI=1S/C62H42N2/c1-5-19-43(20-6-1)47-26-17-31-52(39-47)64(53-37-35-44-21-13-14-24-46(44)40-53)59-34-18-32-56-60(59)54-38-36-49(42-57(54)62(56,50-27-9-3-10-28-50)51-29-11-4-12-30-51)61-55(45-22-7-2-8-23-45)41-48-25-15-16-33-58(48)63-61/h1-42H. The first kappa shape index (κ1) is 37.4. The molecule has 1 heterocycles. The topological polar surface area (TPSA) is 16.1 Å². The SMILES string of the molecule is c1ccc(-c2cccc(N(c3ccc4ccccc4c3)c3cccc4c3-c3ccc(-c5nc6ccccc6cc5-c5ccccc5)cc3C4(c3ccccc3)c3ccccc3)c2)cc1. The Balaban J connectivity index is 1.17. The monoisotopic (exact) mass is 814 g/mol. The molecular weight excluding hydrogens is 773 g/mol. The zero-order valence-electron chi connectivity index (χ0n) is 35.1. The number of fused-ring (bicyclic) bond motifs is 5. The Hall–Kier alpha value is -8.33. The number of aromatic nitrogens is 1. The van der Waals surface area contributed by atoms with E-state index in [1.165, 1.54) is 55.3 Å². The van der Waals surface area contributed by atoms with Crippen molar-refractivity contribution in [3.05, 3.63) is 277 Å². The van der Waals surface area contributed by atoms with Gasteiger partial charge in [-0.25, -0.2) is 4.98 Å². The molecule has 1 aliphatic rings. The molecule has 0 aliphatic heterocycles. The zero-order valence-corrected chi connectivity index (χ0v) is 35.1. The van der Waals surface area contributed by atoms with E-state index in [9.17, 15) is 0 Å². The van der Waals surface area contributed by atoms with E-state index in [0.29, 0.717) is 0 Å². The molecule has 0 N–H and O–H groups in total. The van der Waals surface area contributed by atoms with Gasteiger partial charge in [0.2, 0.25) is 0 Å². The molecule has 11 aromatic rings. The Labute approximate surface area is 374 Å². The van der Waals surface area contributed by atoms with E-state index in [1.54, 1.807) is 0 Å². The van der Waals surface area contributed by atoms with Crippen molar-refractivity contribution in [1.82, 2.24) is 4.98 Å². The molecule has 0 saturated carbocycles. The molecule has 0 radical (unpaired) electrons. The predicted molar refractivity (Wildman–Crippen MR) is 268 cm³/mol. The van der Waals surface area contributed by atoms with E-state index < -0.39 is 5.41 Å².